The van der Waals surface area contributed by atoms with Gasteiger partial charge in [-0.05, 0) is 30.5 Å². The molecule has 3 heterocycles. The predicted molar refractivity (Wildman–Crippen MR) is 77.1 cm³/mol. The third-order valence-electron chi connectivity index (χ3n) is 4.01. The van der Waals surface area contributed by atoms with E-state index in [1.165, 1.54) is 0 Å². The highest BCUT2D eigenvalue weighted by Crippen LogP contribution is 2.42. The van der Waals surface area contributed by atoms with Gasteiger partial charge >= 0.3 is 0 Å². The number of aromatic nitrogens is 2. The van der Waals surface area contributed by atoms with Crippen LogP contribution in [0.15, 0.2) is 18.2 Å². The van der Waals surface area contributed by atoms with Crippen LogP contribution in [-0.2, 0) is 11.8 Å². The molecule has 1 aromatic heterocycles. The smallest absolute Gasteiger partial charge is 0.231 e. The van der Waals surface area contributed by atoms with Gasteiger partial charge in [0.25, 0.3) is 0 Å². The van der Waals surface area contributed by atoms with Crippen molar-refractivity contribution in [3.63, 3.8) is 0 Å². The number of nitrogens with two attached hydrogens (primary N) is 1. The first-order chi connectivity index (χ1) is 10.2. The van der Waals surface area contributed by atoms with E-state index in [-0.39, 0.29) is 12.9 Å². The van der Waals surface area contributed by atoms with Crippen molar-refractivity contribution in [3.8, 4) is 22.6 Å². The molecular weight excluding hydrogens is 270 g/mol. The van der Waals surface area contributed by atoms with E-state index < -0.39 is 0 Å². The molecule has 2 aromatic rings. The fourth-order valence-electron chi connectivity index (χ4n) is 2.92. The summed E-state index contributed by atoms with van der Waals surface area (Å²) in [4.78, 5) is 0. The zero-order chi connectivity index (χ0) is 14.4. The molecule has 6 heteroatoms. The van der Waals surface area contributed by atoms with Crippen LogP contribution < -0.4 is 15.2 Å². The molecule has 0 saturated carbocycles. The first-order valence-corrected chi connectivity index (χ1v) is 7.08. The number of benzene rings is 1. The topological polar surface area (TPSA) is 71.5 Å². The maximum Gasteiger partial charge on any atom is 0.231 e. The summed E-state index contributed by atoms with van der Waals surface area (Å²) in [5, 5.41) is 4.56. The minimum Gasteiger partial charge on any atom is -0.454 e. The molecule has 4 rings (SSSR count). The van der Waals surface area contributed by atoms with Gasteiger partial charge in [-0.25, -0.2) is 0 Å². The van der Waals surface area contributed by atoms with Gasteiger partial charge in [-0.15, -0.1) is 0 Å². The second-order valence-electron chi connectivity index (χ2n) is 5.34. The summed E-state index contributed by atoms with van der Waals surface area (Å²) in [5.74, 6) is 2.15. The molecule has 21 heavy (non-hydrogen) atoms. The molecule has 1 atom stereocenters. The second kappa shape index (κ2) is 4.66. The van der Waals surface area contributed by atoms with Gasteiger partial charge in [0, 0.05) is 19.2 Å². The Kier molecular flexibility index (Phi) is 2.78. The first kappa shape index (κ1) is 12.5. The minimum atomic E-state index is 0.0222. The van der Waals surface area contributed by atoms with E-state index in [0.29, 0.717) is 5.82 Å². The van der Waals surface area contributed by atoms with E-state index in [1.807, 2.05) is 25.2 Å². The summed E-state index contributed by atoms with van der Waals surface area (Å²) in [6.45, 7) is 1.04. The van der Waals surface area contributed by atoms with Crippen LogP contribution in [0.2, 0.25) is 0 Å². The van der Waals surface area contributed by atoms with Crippen LogP contribution in [0.4, 0.5) is 5.82 Å². The van der Waals surface area contributed by atoms with Crippen molar-refractivity contribution >= 4 is 5.82 Å². The van der Waals surface area contributed by atoms with Gasteiger partial charge in [0.1, 0.15) is 17.6 Å². The predicted octanol–water partition coefficient (Wildman–Crippen LogP) is 2.25. The van der Waals surface area contributed by atoms with Gasteiger partial charge in [-0.1, -0.05) is 6.07 Å². The minimum absolute atomic E-state index is 0.0222. The largest absolute Gasteiger partial charge is 0.454 e. The lowest BCUT2D eigenvalue weighted by Gasteiger charge is -2.10. The normalized spacial score (nSPS) is 20.1. The molecule has 6 nitrogen and oxygen atoms in total. The molecule has 0 bridgehead atoms. The lowest BCUT2D eigenvalue weighted by Crippen LogP contribution is -2.00. The van der Waals surface area contributed by atoms with E-state index in [1.54, 1.807) is 4.68 Å². The maximum atomic E-state index is 6.22. The van der Waals surface area contributed by atoms with Crippen molar-refractivity contribution in [2.24, 2.45) is 7.05 Å². The average Bonchev–Trinajstić information content (AvgIpc) is 3.20. The lowest BCUT2D eigenvalue weighted by atomic mass is 10.0. The molecule has 1 saturated heterocycles. The van der Waals surface area contributed by atoms with Gasteiger partial charge in [0.2, 0.25) is 6.79 Å². The Morgan fingerprint density at radius 1 is 1.29 bits per heavy atom. The monoisotopic (exact) mass is 287 g/mol. The summed E-state index contributed by atoms with van der Waals surface area (Å²) in [6.07, 6.45) is 2.06. The summed E-state index contributed by atoms with van der Waals surface area (Å²) >= 11 is 0. The van der Waals surface area contributed by atoms with Crippen LogP contribution in [0.3, 0.4) is 0 Å². The first-order valence-electron chi connectivity index (χ1n) is 7.08. The molecular formula is C15H17N3O3. The van der Waals surface area contributed by atoms with Gasteiger partial charge in [0.05, 0.1) is 0 Å². The van der Waals surface area contributed by atoms with E-state index >= 15 is 0 Å². The Bertz CT molecular complexity index is 690. The van der Waals surface area contributed by atoms with E-state index in [4.69, 9.17) is 19.9 Å². The van der Waals surface area contributed by atoms with Crippen LogP contribution in [-0.4, -0.2) is 23.2 Å². The van der Waals surface area contributed by atoms with Crippen molar-refractivity contribution < 1.29 is 14.2 Å². The molecule has 1 fully saturated rings. The van der Waals surface area contributed by atoms with E-state index in [9.17, 15) is 0 Å². The highest BCUT2D eigenvalue weighted by atomic mass is 16.7. The molecule has 0 radical (unpaired) electrons. The third-order valence-corrected chi connectivity index (χ3v) is 4.01. The Morgan fingerprint density at radius 2 is 2.14 bits per heavy atom. The Balaban J connectivity index is 1.83. The van der Waals surface area contributed by atoms with E-state index in [2.05, 4.69) is 5.10 Å². The molecule has 1 aromatic carbocycles. The number of fused-ring (bicyclic) bond motifs is 1. The molecule has 0 amide bonds. The summed E-state index contributed by atoms with van der Waals surface area (Å²) in [5.41, 5.74) is 9.04. The van der Waals surface area contributed by atoms with Crippen LogP contribution in [0.5, 0.6) is 11.5 Å². The SMILES string of the molecule is Cn1nc(C2CCCO2)c(-c2ccc3c(c2)OCO3)c1N. The number of nitrogens with zero attached hydrogens (tertiary/aromatic N) is 2. The summed E-state index contributed by atoms with van der Waals surface area (Å²) < 4.78 is 18.3. The summed E-state index contributed by atoms with van der Waals surface area (Å²) in [6, 6.07) is 5.84. The molecule has 110 valence electrons. The molecule has 1 unspecified atom stereocenters. The summed E-state index contributed by atoms with van der Waals surface area (Å²) in [7, 11) is 1.85. The van der Waals surface area contributed by atoms with Crippen LogP contribution in [0.25, 0.3) is 11.1 Å². The van der Waals surface area contributed by atoms with Crippen LogP contribution >= 0.6 is 0 Å². The highest BCUT2D eigenvalue weighted by Gasteiger charge is 2.27. The Hall–Kier alpha value is -2.21. The average molecular weight is 287 g/mol. The number of anilines is 1. The van der Waals surface area contributed by atoms with Gasteiger partial charge < -0.3 is 19.9 Å². The van der Waals surface area contributed by atoms with Crippen LogP contribution in [0, 0.1) is 0 Å². The molecule has 2 N–H and O–H groups in total. The standard InChI is InChI=1S/C15H17N3O3/c1-18-15(16)13(14(17-18)11-3-2-6-19-11)9-4-5-10-12(7-9)21-8-20-10/h4-5,7,11H,2-3,6,8,16H2,1H3. The van der Waals surface area contributed by atoms with Crippen molar-refractivity contribution in [1.82, 2.24) is 9.78 Å². The van der Waals surface area contributed by atoms with Gasteiger partial charge in [0.15, 0.2) is 11.5 Å². The zero-order valence-corrected chi connectivity index (χ0v) is 11.8. The Morgan fingerprint density at radius 3 is 2.95 bits per heavy atom. The Labute approximate surface area is 122 Å². The molecule has 0 aliphatic carbocycles. The number of rotatable bonds is 2. The zero-order valence-electron chi connectivity index (χ0n) is 11.8. The third kappa shape index (κ3) is 1.94. The quantitative estimate of drug-likeness (QED) is 0.917. The number of hydrogen-bond donors (Lipinski definition) is 1. The number of ether oxygens (including phenoxy) is 3. The maximum absolute atomic E-state index is 6.22. The fraction of sp³-hybridized carbons (Fsp3) is 0.400. The fourth-order valence-corrected chi connectivity index (χ4v) is 2.92. The number of hydrogen-bond acceptors (Lipinski definition) is 5. The van der Waals surface area contributed by atoms with E-state index in [0.717, 1.165) is 47.8 Å². The van der Waals surface area contributed by atoms with Crippen LogP contribution in [0.1, 0.15) is 24.6 Å². The van der Waals surface area contributed by atoms with Gasteiger partial charge in [-0.3, -0.25) is 4.68 Å². The lowest BCUT2D eigenvalue weighted by molar-refractivity contribution is 0.108. The second-order valence-corrected chi connectivity index (χ2v) is 5.34. The van der Waals surface area contributed by atoms with Crippen molar-refractivity contribution in [2.45, 2.75) is 18.9 Å². The number of nitrogen functional groups attached to an aromatic ring is 1. The van der Waals surface area contributed by atoms with Crippen molar-refractivity contribution in [2.75, 3.05) is 19.1 Å². The van der Waals surface area contributed by atoms with Crippen molar-refractivity contribution in [3.05, 3.63) is 23.9 Å². The van der Waals surface area contributed by atoms with Gasteiger partial charge in [-0.2, -0.15) is 5.10 Å². The van der Waals surface area contributed by atoms with Crippen molar-refractivity contribution in [1.29, 1.82) is 0 Å². The number of aryl methyl sites for hydroxylation is 1. The highest BCUT2D eigenvalue weighted by molar-refractivity contribution is 5.78. The molecule has 2 aliphatic rings. The molecule has 2 aliphatic heterocycles. The molecule has 0 spiro atoms.